The number of imidazole rings is 1. The molecule has 1 saturated carbocycles. The number of aryl methyl sites for hydroxylation is 1. The molecule has 4 rings (SSSR count). The van der Waals surface area contributed by atoms with Crippen LogP contribution in [0.3, 0.4) is 0 Å². The summed E-state index contributed by atoms with van der Waals surface area (Å²) < 4.78 is 34.9. The minimum absolute atomic E-state index is 0.217. The molecule has 1 aliphatic rings. The molecule has 1 atom stereocenters. The van der Waals surface area contributed by atoms with Gasteiger partial charge in [-0.3, -0.25) is 9.20 Å². The van der Waals surface area contributed by atoms with Crippen LogP contribution in [-0.2, 0) is 0 Å². The Morgan fingerprint density at radius 1 is 1.20 bits per heavy atom. The first-order valence-electron chi connectivity index (χ1n) is 11.7. The highest BCUT2D eigenvalue weighted by Gasteiger charge is 2.24. The number of carbonyl (C=O) groups is 2. The zero-order valence-electron chi connectivity index (χ0n) is 19.4. The van der Waals surface area contributed by atoms with Crippen molar-refractivity contribution in [2.75, 3.05) is 13.2 Å². The highest BCUT2D eigenvalue weighted by Crippen LogP contribution is 2.27. The molecule has 0 aliphatic heterocycles. The number of pyridine rings is 1. The third-order valence-electron chi connectivity index (χ3n) is 6.31. The second-order valence-electron chi connectivity index (χ2n) is 8.81. The van der Waals surface area contributed by atoms with Gasteiger partial charge in [0.05, 0.1) is 18.3 Å². The minimum Gasteiger partial charge on any atom is -0.489 e. The second kappa shape index (κ2) is 10.7. The van der Waals surface area contributed by atoms with Crippen LogP contribution in [0.5, 0.6) is 5.75 Å². The smallest absolute Gasteiger partial charge is 0.404 e. The SMILES string of the molecule is Cc1nc2c(OCC3CCCCC3)cccn2c1C(=O)NC(CNC(=O)O)c1ccc(F)c(F)c1. The van der Waals surface area contributed by atoms with Crippen molar-refractivity contribution in [3.8, 4) is 5.75 Å². The second-order valence-corrected chi connectivity index (χ2v) is 8.81. The van der Waals surface area contributed by atoms with Crippen molar-refractivity contribution in [3.63, 3.8) is 0 Å². The number of ether oxygens (including phenoxy) is 1. The Kier molecular flexibility index (Phi) is 7.48. The van der Waals surface area contributed by atoms with Crippen LogP contribution in [0.15, 0.2) is 36.5 Å². The topological polar surface area (TPSA) is 105 Å². The Balaban J connectivity index is 1.57. The molecule has 0 spiro atoms. The number of hydrogen-bond acceptors (Lipinski definition) is 4. The Bertz CT molecular complexity index is 1220. The predicted octanol–water partition coefficient (Wildman–Crippen LogP) is 4.62. The summed E-state index contributed by atoms with van der Waals surface area (Å²) in [6.45, 7) is 2.04. The number of benzene rings is 1. The van der Waals surface area contributed by atoms with Crippen molar-refractivity contribution in [3.05, 3.63) is 65.1 Å². The zero-order valence-corrected chi connectivity index (χ0v) is 19.4. The van der Waals surface area contributed by atoms with Crippen LogP contribution < -0.4 is 15.4 Å². The zero-order chi connectivity index (χ0) is 24.9. The molecule has 1 aliphatic carbocycles. The van der Waals surface area contributed by atoms with Gasteiger partial charge < -0.3 is 20.5 Å². The summed E-state index contributed by atoms with van der Waals surface area (Å²) in [6.07, 6.45) is 6.34. The van der Waals surface area contributed by atoms with Gasteiger partial charge in [-0.15, -0.1) is 0 Å². The molecule has 1 aromatic carbocycles. The maximum Gasteiger partial charge on any atom is 0.404 e. The number of nitrogens with one attached hydrogen (secondary N) is 2. The maximum atomic E-state index is 13.8. The monoisotopic (exact) mass is 486 g/mol. The van der Waals surface area contributed by atoms with E-state index in [2.05, 4.69) is 15.6 Å². The molecule has 8 nitrogen and oxygen atoms in total. The van der Waals surface area contributed by atoms with Crippen molar-refractivity contribution in [2.45, 2.75) is 45.1 Å². The fourth-order valence-electron chi connectivity index (χ4n) is 4.50. The van der Waals surface area contributed by atoms with Gasteiger partial charge in [0, 0.05) is 12.7 Å². The Morgan fingerprint density at radius 2 is 1.97 bits per heavy atom. The molecule has 2 amide bonds. The molecule has 3 N–H and O–H groups in total. The Labute approximate surface area is 201 Å². The van der Waals surface area contributed by atoms with E-state index in [0.29, 0.717) is 29.6 Å². The van der Waals surface area contributed by atoms with Crippen LogP contribution in [0, 0.1) is 24.5 Å². The number of aromatic nitrogens is 2. The molecule has 3 aromatic rings. The van der Waals surface area contributed by atoms with E-state index in [-0.39, 0.29) is 17.8 Å². The standard InChI is InChI=1S/C25H28F2N4O4/c1-15-22(24(32)30-20(13-28-25(33)34)17-9-10-18(26)19(27)12-17)31-11-5-8-21(23(31)29-15)35-14-16-6-3-2-4-7-16/h5,8-12,16,20,28H,2-4,6-7,13-14H2,1H3,(H,30,32)(H,33,34). The number of rotatable bonds is 8. The van der Waals surface area contributed by atoms with Crippen LogP contribution in [-0.4, -0.2) is 39.6 Å². The number of carboxylic acid groups (broad SMARTS) is 1. The van der Waals surface area contributed by atoms with Crippen molar-refractivity contribution in [1.82, 2.24) is 20.0 Å². The number of halogens is 2. The quantitative estimate of drug-likeness (QED) is 0.431. The van der Waals surface area contributed by atoms with E-state index in [1.807, 2.05) is 6.07 Å². The molecule has 1 fully saturated rings. The molecule has 0 radical (unpaired) electrons. The van der Waals surface area contributed by atoms with Crippen LogP contribution in [0.4, 0.5) is 13.6 Å². The third kappa shape index (κ3) is 5.70. The molecule has 186 valence electrons. The summed E-state index contributed by atoms with van der Waals surface area (Å²) in [5.74, 6) is -1.60. The molecular formula is C25H28F2N4O4. The third-order valence-corrected chi connectivity index (χ3v) is 6.31. The van der Waals surface area contributed by atoms with E-state index in [1.54, 1.807) is 23.6 Å². The number of nitrogens with zero attached hydrogens (tertiary/aromatic N) is 2. The Morgan fingerprint density at radius 3 is 2.69 bits per heavy atom. The first kappa shape index (κ1) is 24.4. The van der Waals surface area contributed by atoms with Crippen molar-refractivity contribution >= 4 is 17.6 Å². The lowest BCUT2D eigenvalue weighted by molar-refractivity contribution is 0.0928. The molecule has 1 unspecified atom stereocenters. The first-order valence-corrected chi connectivity index (χ1v) is 11.7. The lowest BCUT2D eigenvalue weighted by Crippen LogP contribution is -2.38. The fraction of sp³-hybridized carbons (Fsp3) is 0.400. The molecule has 0 bridgehead atoms. The Hall–Kier alpha value is -3.69. The van der Waals surface area contributed by atoms with Crippen LogP contribution in [0.1, 0.15) is 59.9 Å². The van der Waals surface area contributed by atoms with Crippen LogP contribution in [0.2, 0.25) is 0 Å². The first-order chi connectivity index (χ1) is 16.8. The van der Waals surface area contributed by atoms with Crippen LogP contribution in [0.25, 0.3) is 5.65 Å². The highest BCUT2D eigenvalue weighted by atomic mass is 19.2. The lowest BCUT2D eigenvalue weighted by atomic mass is 9.90. The summed E-state index contributed by atoms with van der Waals surface area (Å²) >= 11 is 0. The summed E-state index contributed by atoms with van der Waals surface area (Å²) in [5, 5.41) is 13.9. The molecular weight excluding hydrogens is 458 g/mol. The van der Waals surface area contributed by atoms with E-state index in [0.717, 1.165) is 25.0 Å². The largest absolute Gasteiger partial charge is 0.489 e. The number of carbonyl (C=O) groups excluding carboxylic acids is 1. The number of amides is 2. The van der Waals surface area contributed by atoms with Gasteiger partial charge in [0.2, 0.25) is 0 Å². The van der Waals surface area contributed by atoms with Crippen molar-refractivity contribution in [2.24, 2.45) is 5.92 Å². The van der Waals surface area contributed by atoms with Crippen molar-refractivity contribution in [1.29, 1.82) is 0 Å². The average Bonchev–Trinajstić information content (AvgIpc) is 3.19. The van der Waals surface area contributed by atoms with E-state index in [9.17, 15) is 18.4 Å². The van der Waals surface area contributed by atoms with Gasteiger partial charge in [0.15, 0.2) is 23.0 Å². The highest BCUT2D eigenvalue weighted by molar-refractivity contribution is 5.95. The molecule has 35 heavy (non-hydrogen) atoms. The van der Waals surface area contributed by atoms with E-state index >= 15 is 0 Å². The van der Waals surface area contributed by atoms with Crippen LogP contribution >= 0.6 is 0 Å². The normalized spacial score (nSPS) is 15.1. The van der Waals surface area contributed by atoms with Gasteiger partial charge >= 0.3 is 6.09 Å². The van der Waals surface area contributed by atoms with E-state index in [1.165, 1.54) is 25.3 Å². The van der Waals surface area contributed by atoms with Gasteiger partial charge in [0.1, 0.15) is 5.69 Å². The number of hydrogen-bond donors (Lipinski definition) is 3. The fourth-order valence-corrected chi connectivity index (χ4v) is 4.50. The number of fused-ring (bicyclic) bond motifs is 1. The average molecular weight is 487 g/mol. The van der Waals surface area contributed by atoms with E-state index in [4.69, 9.17) is 9.84 Å². The lowest BCUT2D eigenvalue weighted by Gasteiger charge is -2.21. The summed E-state index contributed by atoms with van der Waals surface area (Å²) in [5.41, 5.74) is 1.41. The van der Waals surface area contributed by atoms with Gasteiger partial charge in [-0.2, -0.15) is 0 Å². The van der Waals surface area contributed by atoms with E-state index < -0.39 is 29.7 Å². The van der Waals surface area contributed by atoms with Gasteiger partial charge in [-0.25, -0.2) is 18.6 Å². The van der Waals surface area contributed by atoms with Crippen molar-refractivity contribution < 1.29 is 28.2 Å². The summed E-state index contributed by atoms with van der Waals surface area (Å²) in [4.78, 5) is 28.8. The predicted molar refractivity (Wildman–Crippen MR) is 125 cm³/mol. The van der Waals surface area contributed by atoms with Gasteiger partial charge in [0.25, 0.3) is 5.91 Å². The van der Waals surface area contributed by atoms with Gasteiger partial charge in [-0.05, 0) is 55.5 Å². The maximum absolute atomic E-state index is 13.8. The van der Waals surface area contributed by atoms with Gasteiger partial charge in [-0.1, -0.05) is 25.3 Å². The molecule has 2 aromatic heterocycles. The summed E-state index contributed by atoms with van der Waals surface area (Å²) in [7, 11) is 0. The molecule has 0 saturated heterocycles. The molecule has 2 heterocycles. The minimum atomic E-state index is -1.31. The summed E-state index contributed by atoms with van der Waals surface area (Å²) in [6, 6.07) is 5.80. The molecule has 10 heteroatoms.